The van der Waals surface area contributed by atoms with Gasteiger partial charge in [0.25, 0.3) is 0 Å². The fourth-order valence-electron chi connectivity index (χ4n) is 6.98. The molecule has 0 amide bonds. The molecule has 1 fully saturated rings. The topological polar surface area (TPSA) is 18.5 Å². The number of halogens is 6. The summed E-state index contributed by atoms with van der Waals surface area (Å²) in [6.45, 7) is 4.32. The molecule has 2 nitrogen and oxygen atoms in total. The first-order valence-electron chi connectivity index (χ1n) is 14.1. The summed E-state index contributed by atoms with van der Waals surface area (Å²) in [7, 11) is 0. The van der Waals surface area contributed by atoms with E-state index in [1.807, 2.05) is 48.5 Å². The second-order valence-corrected chi connectivity index (χ2v) is 19.3. The van der Waals surface area contributed by atoms with E-state index in [4.69, 9.17) is 5.63 Å². The normalized spacial score (nSPS) is 20.9. The Bertz CT molecular complexity index is 1680. The van der Waals surface area contributed by atoms with Gasteiger partial charge in [-0.3, -0.25) is 0 Å². The summed E-state index contributed by atoms with van der Waals surface area (Å²) in [6, 6.07) is 25.0. The molecule has 1 heterocycles. The molecule has 0 aromatic heterocycles. The molecule has 44 heavy (non-hydrogen) atoms. The van der Waals surface area contributed by atoms with Crippen molar-refractivity contribution in [3.8, 4) is 11.5 Å². The minimum atomic E-state index is -4.98. The SMILES string of the molecule is CC1(C)C2=Cc3ccccc3[CH]2[Zr]([O]c2ccc(C(F)(F)F)cc2)([O]c2ccc(C(F)(F)F)cc2)[CH]2C1=Cc1ccccc12. The van der Waals surface area contributed by atoms with E-state index < -0.39 is 50.0 Å². The van der Waals surface area contributed by atoms with Crippen molar-refractivity contribution in [2.75, 3.05) is 0 Å². The fourth-order valence-corrected chi connectivity index (χ4v) is 19.3. The summed E-state index contributed by atoms with van der Waals surface area (Å²) in [5, 5.41) is 0. The van der Waals surface area contributed by atoms with Gasteiger partial charge in [0.05, 0.1) is 0 Å². The van der Waals surface area contributed by atoms with E-state index in [1.165, 1.54) is 24.3 Å². The van der Waals surface area contributed by atoms with Crippen LogP contribution in [0, 0.1) is 5.41 Å². The molecule has 7 rings (SSSR count). The maximum atomic E-state index is 13.5. The zero-order valence-electron chi connectivity index (χ0n) is 23.6. The van der Waals surface area contributed by atoms with Crippen LogP contribution in [-0.4, -0.2) is 0 Å². The van der Waals surface area contributed by atoms with Crippen molar-refractivity contribution in [2.45, 2.75) is 33.5 Å². The molecule has 0 N–H and O–H groups in total. The molecular weight excluding hydrogens is 658 g/mol. The van der Waals surface area contributed by atoms with Gasteiger partial charge in [-0.15, -0.1) is 0 Å². The summed E-state index contributed by atoms with van der Waals surface area (Å²) in [4.78, 5) is 0. The molecule has 3 aliphatic rings. The van der Waals surface area contributed by atoms with Crippen LogP contribution in [0.5, 0.6) is 11.5 Å². The Labute approximate surface area is 256 Å². The zero-order valence-corrected chi connectivity index (χ0v) is 26.1. The van der Waals surface area contributed by atoms with Crippen LogP contribution in [0.25, 0.3) is 12.2 Å². The molecule has 0 saturated carbocycles. The average Bonchev–Trinajstić information content (AvgIpc) is 3.58. The Balaban J connectivity index is 1.47. The van der Waals surface area contributed by atoms with Gasteiger partial charge in [-0.1, -0.05) is 0 Å². The summed E-state index contributed by atoms with van der Waals surface area (Å²) in [5.74, 6) is 0.459. The summed E-state index contributed by atoms with van der Waals surface area (Å²) in [6.07, 6.45) is -4.74. The zero-order chi connectivity index (χ0) is 31.1. The summed E-state index contributed by atoms with van der Waals surface area (Å²) < 4.78 is 94.3. The summed E-state index contributed by atoms with van der Waals surface area (Å²) >= 11 is -4.98. The molecule has 9 heteroatoms. The quantitative estimate of drug-likeness (QED) is 0.199. The van der Waals surface area contributed by atoms with Crippen LogP contribution in [0.2, 0.25) is 0 Å². The number of rotatable bonds is 4. The second-order valence-electron chi connectivity index (χ2n) is 11.9. The third-order valence-electron chi connectivity index (χ3n) is 9.02. The molecular formula is C35H26F6O2Zr. The van der Waals surface area contributed by atoms with Crippen LogP contribution < -0.4 is 5.63 Å². The van der Waals surface area contributed by atoms with Gasteiger partial charge in [-0.05, 0) is 0 Å². The van der Waals surface area contributed by atoms with Crippen molar-refractivity contribution in [2.24, 2.45) is 5.41 Å². The van der Waals surface area contributed by atoms with E-state index >= 15 is 0 Å². The Hall–Kier alpha value is -3.58. The third kappa shape index (κ3) is 4.58. The van der Waals surface area contributed by atoms with E-state index in [-0.39, 0.29) is 18.8 Å². The molecule has 4 aromatic carbocycles. The van der Waals surface area contributed by atoms with E-state index in [0.29, 0.717) is 0 Å². The van der Waals surface area contributed by atoms with Crippen LogP contribution in [0.4, 0.5) is 26.3 Å². The van der Waals surface area contributed by atoms with Gasteiger partial charge in [0.2, 0.25) is 0 Å². The summed E-state index contributed by atoms with van der Waals surface area (Å²) in [5.41, 5.74) is 4.10. The number of benzene rings is 4. The van der Waals surface area contributed by atoms with Crippen molar-refractivity contribution in [3.63, 3.8) is 0 Å². The molecule has 0 bridgehead atoms. The number of hydrogen-bond donors (Lipinski definition) is 0. The molecule has 2 atom stereocenters. The first kappa shape index (κ1) is 29.2. The first-order valence-corrected chi connectivity index (χ1v) is 19.0. The van der Waals surface area contributed by atoms with Crippen LogP contribution >= 0.6 is 0 Å². The van der Waals surface area contributed by atoms with Crippen LogP contribution in [0.3, 0.4) is 0 Å². The Morgan fingerprint density at radius 3 is 1.27 bits per heavy atom. The predicted octanol–water partition coefficient (Wildman–Crippen LogP) is 10.5. The third-order valence-corrected chi connectivity index (χ3v) is 18.8. The average molecular weight is 684 g/mol. The van der Waals surface area contributed by atoms with E-state index in [2.05, 4.69) is 26.0 Å². The van der Waals surface area contributed by atoms with Gasteiger partial charge in [-0.2, -0.15) is 0 Å². The predicted molar refractivity (Wildman–Crippen MR) is 152 cm³/mol. The number of fused-ring (bicyclic) bond motifs is 6. The van der Waals surface area contributed by atoms with Gasteiger partial charge in [0, 0.05) is 0 Å². The molecule has 0 spiro atoms. The van der Waals surface area contributed by atoms with Crippen molar-refractivity contribution in [1.29, 1.82) is 0 Å². The van der Waals surface area contributed by atoms with Gasteiger partial charge in [0.1, 0.15) is 0 Å². The maximum absolute atomic E-state index is 13.5. The standard InChI is InChI=1S/C21H18.2C7H5F3O.Zr/c1-21(2,19-11-15-7-3-4-8-16(15)12-19)20-13-17-9-5-6-10-18(17)14-20;2*8-7(9,10)5-1-3-6(11)4-2-5;/h3-14H,1-2H3;2*1-4,11H;/q;;;+2/p-2. The molecule has 224 valence electrons. The number of allylic oxidation sites excluding steroid dienone is 2. The number of alkyl halides is 6. The molecule has 4 aromatic rings. The monoisotopic (exact) mass is 682 g/mol. The molecule has 1 aliphatic heterocycles. The second kappa shape index (κ2) is 9.97. The fraction of sp³-hybridized carbons (Fsp3) is 0.200. The first-order chi connectivity index (χ1) is 20.8. The molecule has 0 radical (unpaired) electrons. The Morgan fingerprint density at radius 1 is 0.545 bits per heavy atom. The Kier molecular flexibility index (Phi) is 6.60. The van der Waals surface area contributed by atoms with Crippen molar-refractivity contribution >= 4 is 12.2 Å². The van der Waals surface area contributed by atoms with Gasteiger partial charge >= 0.3 is 257 Å². The van der Waals surface area contributed by atoms with Crippen LogP contribution in [-0.2, 0) is 33.5 Å². The molecule has 1 saturated heterocycles. The molecule has 2 aliphatic carbocycles. The van der Waals surface area contributed by atoms with Gasteiger partial charge in [0.15, 0.2) is 0 Å². The number of hydrogen-bond acceptors (Lipinski definition) is 2. The van der Waals surface area contributed by atoms with E-state index in [1.54, 1.807) is 0 Å². The van der Waals surface area contributed by atoms with E-state index in [9.17, 15) is 26.3 Å². The van der Waals surface area contributed by atoms with Crippen LogP contribution in [0.15, 0.2) is 108 Å². The van der Waals surface area contributed by atoms with Crippen molar-refractivity contribution in [3.05, 3.63) is 142 Å². The van der Waals surface area contributed by atoms with Crippen molar-refractivity contribution < 1.29 is 53.1 Å². The Morgan fingerprint density at radius 2 is 0.909 bits per heavy atom. The minimum absolute atomic E-state index is 0.230. The van der Waals surface area contributed by atoms with Gasteiger partial charge < -0.3 is 0 Å². The van der Waals surface area contributed by atoms with Crippen LogP contribution in [0.1, 0.15) is 54.5 Å². The van der Waals surface area contributed by atoms with Crippen molar-refractivity contribution in [1.82, 2.24) is 0 Å². The van der Waals surface area contributed by atoms with E-state index in [0.717, 1.165) is 57.7 Å². The molecule has 2 unspecified atom stereocenters. The van der Waals surface area contributed by atoms with Gasteiger partial charge in [-0.25, -0.2) is 0 Å².